The number of benzene rings is 1. The lowest BCUT2D eigenvalue weighted by Crippen LogP contribution is -2.11. The van der Waals surface area contributed by atoms with Crippen molar-refractivity contribution in [2.75, 3.05) is 6.61 Å². The Balaban J connectivity index is 1.63. The topological polar surface area (TPSA) is 105 Å². The van der Waals surface area contributed by atoms with E-state index < -0.39 is 30.1 Å². The smallest absolute Gasteiger partial charge is 0.393 e. The van der Waals surface area contributed by atoms with Crippen molar-refractivity contribution in [3.8, 4) is 34.0 Å². The summed E-state index contributed by atoms with van der Waals surface area (Å²) >= 11 is 0. The van der Waals surface area contributed by atoms with E-state index in [2.05, 4.69) is 15.3 Å². The molecule has 32 heavy (non-hydrogen) atoms. The maximum Gasteiger partial charge on any atom is 0.422 e. The number of aromatic nitrogens is 3. The second kappa shape index (κ2) is 7.57. The number of hydrogen-bond acceptors (Lipinski definition) is 7. The summed E-state index contributed by atoms with van der Waals surface area (Å²) in [7, 11) is 0. The molecule has 5 rings (SSSR count). The molecule has 0 spiro atoms. The first kappa shape index (κ1) is 20.4. The zero-order valence-electron chi connectivity index (χ0n) is 16.4. The van der Waals surface area contributed by atoms with Crippen molar-refractivity contribution in [3.63, 3.8) is 0 Å². The first-order valence-corrected chi connectivity index (χ1v) is 9.78. The molecule has 0 saturated heterocycles. The van der Waals surface area contributed by atoms with Gasteiger partial charge >= 0.3 is 6.18 Å². The third-order valence-electron chi connectivity index (χ3n) is 5.39. The second-order valence-electron chi connectivity index (χ2n) is 7.37. The molecule has 0 aliphatic heterocycles. The Bertz CT molecular complexity index is 1280. The van der Waals surface area contributed by atoms with Crippen molar-refractivity contribution in [2.45, 2.75) is 25.1 Å². The normalized spacial score (nSPS) is 14.2. The van der Waals surface area contributed by atoms with Gasteiger partial charge in [0.25, 0.3) is 0 Å². The van der Waals surface area contributed by atoms with Gasteiger partial charge in [-0.25, -0.2) is 0 Å². The third kappa shape index (κ3) is 3.28. The summed E-state index contributed by atoms with van der Waals surface area (Å²) in [4.78, 5) is 4.35. The van der Waals surface area contributed by atoms with Crippen LogP contribution in [0, 0.1) is 0 Å². The summed E-state index contributed by atoms with van der Waals surface area (Å²) < 4.78 is 52.7. The van der Waals surface area contributed by atoms with E-state index in [0.717, 1.165) is 0 Å². The number of aliphatic hydroxyl groups is 2. The van der Waals surface area contributed by atoms with Crippen molar-refractivity contribution in [3.05, 3.63) is 65.0 Å². The molecular formula is C22H16F3N3O4. The Labute approximate surface area is 179 Å². The zero-order valence-corrected chi connectivity index (χ0v) is 16.4. The molecule has 1 atom stereocenters. The quantitative estimate of drug-likeness (QED) is 0.487. The van der Waals surface area contributed by atoms with Gasteiger partial charge in [0.2, 0.25) is 0 Å². The summed E-state index contributed by atoms with van der Waals surface area (Å²) in [6.07, 6.45) is -5.13. The number of halogens is 3. The standard InChI is InChI=1S/C22H16F3N3O4/c23-22(24,25)17-19(28-31-20(17)11-4-2-1-3-5-11)18-13-7-8-14-12(21(13)32-27-18)6-9-15(26-14)16(30)10-29/h1-6,9,16,29-30H,7-8,10H2. The molecule has 1 aliphatic rings. The summed E-state index contributed by atoms with van der Waals surface area (Å²) in [6, 6.07) is 11.1. The second-order valence-corrected chi connectivity index (χ2v) is 7.37. The Morgan fingerprint density at radius 2 is 1.66 bits per heavy atom. The predicted octanol–water partition coefficient (Wildman–Crippen LogP) is 4.20. The molecular weight excluding hydrogens is 427 g/mol. The van der Waals surface area contributed by atoms with Gasteiger partial charge in [0.1, 0.15) is 23.1 Å². The molecule has 0 radical (unpaired) electrons. The van der Waals surface area contributed by atoms with Gasteiger partial charge in [-0.2, -0.15) is 13.2 Å². The highest BCUT2D eigenvalue weighted by molar-refractivity contribution is 5.78. The van der Waals surface area contributed by atoms with Crippen LogP contribution in [0.5, 0.6) is 0 Å². The third-order valence-corrected chi connectivity index (χ3v) is 5.39. The first-order chi connectivity index (χ1) is 15.4. The van der Waals surface area contributed by atoms with Crippen molar-refractivity contribution in [2.24, 2.45) is 0 Å². The Morgan fingerprint density at radius 3 is 2.38 bits per heavy atom. The highest BCUT2D eigenvalue weighted by Gasteiger charge is 2.43. The lowest BCUT2D eigenvalue weighted by atomic mass is 9.91. The molecule has 0 bridgehead atoms. The minimum absolute atomic E-state index is 0.0247. The number of pyridine rings is 1. The fourth-order valence-electron chi connectivity index (χ4n) is 3.88. The number of hydrogen-bond donors (Lipinski definition) is 2. The maximum atomic E-state index is 14.0. The van der Waals surface area contributed by atoms with E-state index in [1.165, 1.54) is 18.2 Å². The van der Waals surface area contributed by atoms with Gasteiger partial charge in [0.15, 0.2) is 11.5 Å². The van der Waals surface area contributed by atoms with Gasteiger partial charge in [-0.05, 0) is 25.0 Å². The Hall–Kier alpha value is -3.50. The van der Waals surface area contributed by atoms with Gasteiger partial charge in [0.05, 0.1) is 18.0 Å². The van der Waals surface area contributed by atoms with Gasteiger partial charge < -0.3 is 19.3 Å². The fourth-order valence-corrected chi connectivity index (χ4v) is 3.88. The van der Waals surface area contributed by atoms with E-state index in [-0.39, 0.29) is 17.0 Å². The lowest BCUT2D eigenvalue weighted by molar-refractivity contribution is -0.136. The predicted molar refractivity (Wildman–Crippen MR) is 105 cm³/mol. The van der Waals surface area contributed by atoms with E-state index in [1.807, 2.05) is 0 Å². The molecule has 7 nitrogen and oxygen atoms in total. The van der Waals surface area contributed by atoms with E-state index in [9.17, 15) is 18.3 Å². The highest BCUT2D eigenvalue weighted by Crippen LogP contribution is 2.46. The number of alkyl halides is 3. The largest absolute Gasteiger partial charge is 0.422 e. The average molecular weight is 443 g/mol. The van der Waals surface area contributed by atoms with Crippen LogP contribution >= 0.6 is 0 Å². The van der Waals surface area contributed by atoms with Crippen LogP contribution < -0.4 is 0 Å². The van der Waals surface area contributed by atoms with Crippen molar-refractivity contribution in [1.29, 1.82) is 0 Å². The van der Waals surface area contributed by atoms with Gasteiger partial charge in [-0.3, -0.25) is 4.98 Å². The lowest BCUT2D eigenvalue weighted by Gasteiger charge is -2.16. The fraction of sp³-hybridized carbons (Fsp3) is 0.227. The Kier molecular flexibility index (Phi) is 4.83. The van der Waals surface area contributed by atoms with Gasteiger partial charge in [-0.1, -0.05) is 40.6 Å². The molecule has 1 unspecified atom stereocenters. The summed E-state index contributed by atoms with van der Waals surface area (Å²) in [5, 5.41) is 26.6. The minimum atomic E-state index is -4.73. The van der Waals surface area contributed by atoms with Crippen LogP contribution in [0.25, 0.3) is 34.0 Å². The van der Waals surface area contributed by atoms with Crippen LogP contribution in [-0.4, -0.2) is 32.1 Å². The average Bonchev–Trinajstić information content (AvgIpc) is 3.43. The molecule has 0 amide bonds. The number of aliphatic hydroxyl groups excluding tert-OH is 2. The van der Waals surface area contributed by atoms with Crippen LogP contribution in [0.3, 0.4) is 0 Å². The summed E-state index contributed by atoms with van der Waals surface area (Å²) in [5.74, 6) is -0.0819. The van der Waals surface area contributed by atoms with E-state index >= 15 is 0 Å². The van der Waals surface area contributed by atoms with Gasteiger partial charge in [-0.15, -0.1) is 0 Å². The van der Waals surface area contributed by atoms with Crippen molar-refractivity contribution < 1.29 is 32.4 Å². The monoisotopic (exact) mass is 443 g/mol. The molecule has 4 aromatic rings. The maximum absolute atomic E-state index is 14.0. The van der Waals surface area contributed by atoms with Crippen LogP contribution in [0.2, 0.25) is 0 Å². The molecule has 2 N–H and O–H groups in total. The first-order valence-electron chi connectivity index (χ1n) is 9.78. The molecule has 0 saturated carbocycles. The molecule has 1 aliphatic carbocycles. The van der Waals surface area contributed by atoms with E-state index in [1.54, 1.807) is 24.3 Å². The Morgan fingerprint density at radius 1 is 0.938 bits per heavy atom. The molecule has 3 aromatic heterocycles. The van der Waals surface area contributed by atoms with Gasteiger partial charge in [0, 0.05) is 16.7 Å². The minimum Gasteiger partial charge on any atom is -0.393 e. The molecule has 3 heterocycles. The molecule has 10 heteroatoms. The number of rotatable bonds is 4. The molecule has 0 fully saturated rings. The zero-order chi connectivity index (χ0) is 22.5. The molecule has 164 valence electrons. The SMILES string of the molecule is OCC(O)c1ccc2c(n1)CCc1c(-c3noc(-c4ccccc4)c3C(F)(F)F)noc1-2. The molecule has 1 aromatic carbocycles. The number of aryl methyl sites for hydroxylation is 1. The summed E-state index contributed by atoms with van der Waals surface area (Å²) in [6.45, 7) is -0.473. The van der Waals surface area contributed by atoms with E-state index in [0.29, 0.717) is 41.1 Å². The van der Waals surface area contributed by atoms with Crippen LogP contribution in [-0.2, 0) is 19.0 Å². The van der Waals surface area contributed by atoms with E-state index in [4.69, 9.17) is 14.2 Å². The number of fused-ring (bicyclic) bond motifs is 3. The summed E-state index contributed by atoms with van der Waals surface area (Å²) in [5.41, 5.74) is 0.746. The van der Waals surface area contributed by atoms with Crippen molar-refractivity contribution >= 4 is 0 Å². The van der Waals surface area contributed by atoms with Crippen molar-refractivity contribution in [1.82, 2.24) is 15.3 Å². The van der Waals surface area contributed by atoms with Crippen LogP contribution in [0.1, 0.15) is 28.6 Å². The van der Waals surface area contributed by atoms with Crippen LogP contribution in [0.4, 0.5) is 13.2 Å². The van der Waals surface area contributed by atoms with Crippen LogP contribution in [0.15, 0.2) is 51.5 Å². The highest BCUT2D eigenvalue weighted by atomic mass is 19.4. The number of nitrogens with zero attached hydrogens (tertiary/aromatic N) is 3.